The molecule has 2 aromatic rings. The van der Waals surface area contributed by atoms with Gasteiger partial charge >= 0.3 is 0 Å². The van der Waals surface area contributed by atoms with E-state index in [-0.39, 0.29) is 36.3 Å². The Morgan fingerprint density at radius 3 is 2.21 bits per heavy atom. The first-order valence-corrected chi connectivity index (χ1v) is 11.4. The fraction of sp³-hybridized carbons (Fsp3) is 0.481. The number of benzene rings is 1. The molecule has 0 fully saturated rings. The second-order valence-electron chi connectivity index (χ2n) is 9.12. The van der Waals surface area contributed by atoms with Gasteiger partial charge in [-0.2, -0.15) is 0 Å². The van der Waals surface area contributed by atoms with E-state index >= 15 is 0 Å². The smallest absolute Gasteiger partial charge is 0.132 e. The molecule has 2 rings (SSSR count). The van der Waals surface area contributed by atoms with Gasteiger partial charge in [-0.05, 0) is 42.0 Å². The molecule has 2 unspecified atom stereocenters. The molecular formula is C27H36FNO4. The van der Waals surface area contributed by atoms with Crippen LogP contribution < -0.4 is 0 Å². The highest BCUT2D eigenvalue weighted by atomic mass is 19.1. The van der Waals surface area contributed by atoms with Crippen LogP contribution in [0.15, 0.2) is 30.3 Å². The summed E-state index contributed by atoms with van der Waals surface area (Å²) in [5, 5.41) is 20.5. The SMILES string of the molecule is COCc1c(C(C)C)nc(C(C)C)c(/C=C/C(O)CC(O)CC(C)=O)c1-c1ccc(F)cc1. The lowest BCUT2D eigenvalue weighted by molar-refractivity contribution is -0.119. The van der Waals surface area contributed by atoms with Crippen molar-refractivity contribution in [3.05, 3.63) is 58.7 Å². The van der Waals surface area contributed by atoms with Crippen molar-refractivity contribution >= 4 is 11.9 Å². The van der Waals surface area contributed by atoms with Gasteiger partial charge in [0, 0.05) is 36.8 Å². The first kappa shape index (κ1) is 26.8. The van der Waals surface area contributed by atoms with Crippen molar-refractivity contribution in [2.24, 2.45) is 0 Å². The Morgan fingerprint density at radius 2 is 1.70 bits per heavy atom. The van der Waals surface area contributed by atoms with E-state index in [1.807, 2.05) is 6.08 Å². The van der Waals surface area contributed by atoms with Crippen LogP contribution in [-0.4, -0.2) is 40.3 Å². The molecule has 0 spiro atoms. The number of ether oxygens (including phenoxy) is 1. The van der Waals surface area contributed by atoms with Crippen LogP contribution in [0, 0.1) is 5.82 Å². The largest absolute Gasteiger partial charge is 0.393 e. The molecule has 5 nitrogen and oxygen atoms in total. The third kappa shape index (κ3) is 7.29. The lowest BCUT2D eigenvalue weighted by Gasteiger charge is -2.23. The molecule has 1 heterocycles. The number of nitrogens with zero attached hydrogens (tertiary/aromatic N) is 1. The lowest BCUT2D eigenvalue weighted by atomic mass is 9.87. The number of aliphatic hydroxyl groups is 2. The van der Waals surface area contributed by atoms with Gasteiger partial charge in [0.2, 0.25) is 0 Å². The van der Waals surface area contributed by atoms with Crippen LogP contribution >= 0.6 is 0 Å². The highest BCUT2D eigenvalue weighted by molar-refractivity contribution is 5.80. The number of aromatic nitrogens is 1. The minimum Gasteiger partial charge on any atom is -0.393 e. The van der Waals surface area contributed by atoms with E-state index in [0.29, 0.717) is 6.61 Å². The summed E-state index contributed by atoms with van der Waals surface area (Å²) in [6.07, 6.45) is 1.65. The van der Waals surface area contributed by atoms with Crippen LogP contribution in [0.3, 0.4) is 0 Å². The third-order valence-electron chi connectivity index (χ3n) is 5.43. The number of carbonyl (C=O) groups excluding carboxylic acids is 1. The van der Waals surface area contributed by atoms with Crippen LogP contribution in [0.5, 0.6) is 0 Å². The van der Waals surface area contributed by atoms with Gasteiger partial charge in [-0.15, -0.1) is 0 Å². The maximum Gasteiger partial charge on any atom is 0.132 e. The Balaban J connectivity index is 2.69. The molecule has 0 aliphatic carbocycles. The van der Waals surface area contributed by atoms with Gasteiger partial charge in [-0.3, -0.25) is 9.78 Å². The minimum atomic E-state index is -0.934. The fourth-order valence-electron chi connectivity index (χ4n) is 3.98. The minimum absolute atomic E-state index is 0.00556. The number of rotatable bonds is 11. The Labute approximate surface area is 196 Å². The molecular weight excluding hydrogens is 421 g/mol. The first-order valence-electron chi connectivity index (χ1n) is 11.4. The average Bonchev–Trinajstić information content (AvgIpc) is 2.72. The zero-order chi connectivity index (χ0) is 24.7. The summed E-state index contributed by atoms with van der Waals surface area (Å²) in [4.78, 5) is 16.2. The van der Waals surface area contributed by atoms with Crippen LogP contribution in [0.25, 0.3) is 17.2 Å². The summed E-state index contributed by atoms with van der Waals surface area (Å²) in [5.41, 5.74) is 5.27. The van der Waals surface area contributed by atoms with Crippen molar-refractivity contribution in [2.45, 2.75) is 78.1 Å². The van der Waals surface area contributed by atoms with E-state index in [1.165, 1.54) is 19.1 Å². The predicted molar refractivity (Wildman–Crippen MR) is 129 cm³/mol. The van der Waals surface area contributed by atoms with Crippen molar-refractivity contribution in [1.29, 1.82) is 0 Å². The molecule has 2 N–H and O–H groups in total. The maximum absolute atomic E-state index is 13.7. The van der Waals surface area contributed by atoms with Gasteiger partial charge < -0.3 is 14.9 Å². The van der Waals surface area contributed by atoms with Crippen LogP contribution in [0.1, 0.15) is 81.8 Å². The molecule has 1 aromatic carbocycles. The molecule has 0 aliphatic heterocycles. The molecule has 6 heteroatoms. The average molecular weight is 458 g/mol. The molecule has 0 aliphatic rings. The van der Waals surface area contributed by atoms with E-state index in [1.54, 1.807) is 25.3 Å². The highest BCUT2D eigenvalue weighted by Gasteiger charge is 2.23. The van der Waals surface area contributed by atoms with Crippen LogP contribution in [0.2, 0.25) is 0 Å². The molecule has 0 radical (unpaired) electrons. The monoisotopic (exact) mass is 457 g/mol. The second kappa shape index (κ2) is 12.2. The Kier molecular flexibility index (Phi) is 9.89. The van der Waals surface area contributed by atoms with Crippen molar-refractivity contribution in [2.75, 3.05) is 7.11 Å². The Morgan fingerprint density at radius 1 is 1.09 bits per heavy atom. The maximum atomic E-state index is 13.7. The number of ketones is 1. The van der Waals surface area contributed by atoms with Gasteiger partial charge in [0.25, 0.3) is 0 Å². The summed E-state index contributed by atoms with van der Waals surface area (Å²) in [5.74, 6) is -0.200. The van der Waals surface area contributed by atoms with Crippen molar-refractivity contribution in [3.63, 3.8) is 0 Å². The second-order valence-corrected chi connectivity index (χ2v) is 9.12. The number of halogens is 1. The van der Waals surface area contributed by atoms with Crippen molar-refractivity contribution in [3.8, 4) is 11.1 Å². The zero-order valence-corrected chi connectivity index (χ0v) is 20.4. The van der Waals surface area contributed by atoms with Crippen LogP contribution in [0.4, 0.5) is 4.39 Å². The Bertz CT molecular complexity index is 967. The van der Waals surface area contributed by atoms with E-state index in [2.05, 4.69) is 27.7 Å². The van der Waals surface area contributed by atoms with Crippen molar-refractivity contribution < 1.29 is 24.1 Å². The summed E-state index contributed by atoms with van der Waals surface area (Å²) in [7, 11) is 1.63. The molecule has 0 bridgehead atoms. The lowest BCUT2D eigenvalue weighted by Crippen LogP contribution is -2.18. The summed E-state index contributed by atoms with van der Waals surface area (Å²) >= 11 is 0. The summed E-state index contributed by atoms with van der Waals surface area (Å²) in [6.45, 7) is 10.0. The summed E-state index contributed by atoms with van der Waals surface area (Å²) in [6, 6.07) is 6.33. The van der Waals surface area contributed by atoms with Crippen LogP contribution in [-0.2, 0) is 16.1 Å². The molecule has 2 atom stereocenters. The summed E-state index contributed by atoms with van der Waals surface area (Å²) < 4.78 is 19.2. The molecule has 0 saturated heterocycles. The van der Waals surface area contributed by atoms with Gasteiger partial charge in [0.1, 0.15) is 11.6 Å². The van der Waals surface area contributed by atoms with Gasteiger partial charge in [0.15, 0.2) is 0 Å². The fourth-order valence-corrected chi connectivity index (χ4v) is 3.98. The third-order valence-corrected chi connectivity index (χ3v) is 5.43. The topological polar surface area (TPSA) is 79.7 Å². The molecule has 0 amide bonds. The molecule has 0 saturated carbocycles. The van der Waals surface area contributed by atoms with Crippen molar-refractivity contribution in [1.82, 2.24) is 4.98 Å². The number of hydrogen-bond donors (Lipinski definition) is 2. The predicted octanol–water partition coefficient (Wildman–Crippen LogP) is 5.39. The number of aliphatic hydroxyl groups excluding tert-OH is 2. The number of methoxy groups -OCH3 is 1. The standard InChI is InChI=1S/C27H36FNO4/c1-16(2)26-23(12-11-21(31)14-22(32)13-18(5)30)25(19-7-9-20(28)10-8-19)24(15-33-6)27(29-26)17(3)4/h7-12,16-17,21-22,31-32H,13-15H2,1-6H3/b12-11+. The van der Waals surface area contributed by atoms with Gasteiger partial charge in [0.05, 0.1) is 24.5 Å². The number of Topliss-reactive ketones (excluding diaryl/α,β-unsaturated/α-hetero) is 1. The van der Waals surface area contributed by atoms with E-state index in [4.69, 9.17) is 9.72 Å². The first-order chi connectivity index (χ1) is 15.5. The highest BCUT2D eigenvalue weighted by Crippen LogP contribution is 2.37. The number of pyridine rings is 1. The molecule has 1 aromatic heterocycles. The van der Waals surface area contributed by atoms with E-state index < -0.39 is 12.2 Å². The van der Waals surface area contributed by atoms with E-state index in [9.17, 15) is 19.4 Å². The van der Waals surface area contributed by atoms with Gasteiger partial charge in [-0.1, -0.05) is 52.0 Å². The number of hydrogen-bond acceptors (Lipinski definition) is 5. The molecule has 180 valence electrons. The quantitative estimate of drug-likeness (QED) is 0.473. The van der Waals surface area contributed by atoms with Gasteiger partial charge in [-0.25, -0.2) is 4.39 Å². The molecule has 33 heavy (non-hydrogen) atoms. The zero-order valence-electron chi connectivity index (χ0n) is 20.4. The van der Waals surface area contributed by atoms with E-state index in [0.717, 1.165) is 33.6 Å². The normalized spacial score (nSPS) is 13.8. The number of carbonyl (C=O) groups is 1. The Hall–Kier alpha value is -2.41.